The SMILES string of the molecule is Cc1[c-]c(-c2nccc3c2ccc2c(C(C)C)nc(C)cc23)cc(C)c1.O=C(/C=C(\O)C1CCCCC1)C1CCCCC1.[Ir]. The van der Waals surface area contributed by atoms with E-state index in [-0.39, 0.29) is 37.7 Å². The molecule has 44 heavy (non-hydrogen) atoms. The molecule has 2 aromatic carbocycles. The van der Waals surface area contributed by atoms with Crippen molar-refractivity contribution < 1.29 is 30.0 Å². The van der Waals surface area contributed by atoms with Gasteiger partial charge in [0, 0.05) is 55.3 Å². The summed E-state index contributed by atoms with van der Waals surface area (Å²) in [6, 6.07) is 16.5. The molecule has 2 aromatic heterocycles. The summed E-state index contributed by atoms with van der Waals surface area (Å²) in [5.41, 5.74) is 6.65. The van der Waals surface area contributed by atoms with Gasteiger partial charge in [-0.1, -0.05) is 78.4 Å². The van der Waals surface area contributed by atoms with E-state index in [0.717, 1.165) is 48.2 Å². The molecule has 0 atom stereocenters. The minimum absolute atomic E-state index is 0. The van der Waals surface area contributed by atoms with Crippen LogP contribution in [0.2, 0.25) is 0 Å². The summed E-state index contributed by atoms with van der Waals surface area (Å²) in [6.45, 7) is 10.7. The number of aliphatic hydroxyl groups is 1. The third-order valence-electron chi connectivity index (χ3n) is 9.18. The van der Waals surface area contributed by atoms with Crippen molar-refractivity contribution in [3.05, 3.63) is 83.0 Å². The second-order valence-electron chi connectivity index (χ2n) is 13.1. The van der Waals surface area contributed by atoms with Crippen LogP contribution in [0, 0.1) is 38.7 Å². The van der Waals surface area contributed by atoms with E-state index in [0.29, 0.717) is 11.7 Å². The smallest absolute Gasteiger partial charge is 0.162 e. The molecule has 0 unspecified atom stereocenters. The zero-order valence-electron chi connectivity index (χ0n) is 27.0. The van der Waals surface area contributed by atoms with Crippen LogP contribution in [0.3, 0.4) is 0 Å². The molecule has 2 saturated carbocycles. The summed E-state index contributed by atoms with van der Waals surface area (Å²) in [4.78, 5) is 21.5. The van der Waals surface area contributed by atoms with Crippen molar-refractivity contribution in [2.45, 2.75) is 105 Å². The molecule has 2 aliphatic carbocycles. The van der Waals surface area contributed by atoms with Gasteiger partial charge < -0.3 is 10.1 Å². The van der Waals surface area contributed by atoms with E-state index in [1.165, 1.54) is 71.3 Å². The van der Waals surface area contributed by atoms with Gasteiger partial charge in [-0.25, -0.2) is 0 Å². The number of carbonyl (C=O) groups is 1. The van der Waals surface area contributed by atoms with E-state index < -0.39 is 0 Å². The maximum absolute atomic E-state index is 12.0. The van der Waals surface area contributed by atoms with E-state index in [2.05, 4.69) is 77.1 Å². The maximum Gasteiger partial charge on any atom is 0.162 e. The molecule has 0 saturated heterocycles. The van der Waals surface area contributed by atoms with Crippen LogP contribution in [0.4, 0.5) is 0 Å². The number of fused-ring (bicyclic) bond motifs is 3. The average molecular weight is 768 g/mol. The standard InChI is InChI=1S/C24H23N2.C15H24O2.Ir/c1-14(2)23-21-7-6-20-19(22(21)13-17(5)26-23)8-9-25-24(20)18-11-15(3)10-16(4)12-18;16-14(12-7-3-1-4-8-12)11-15(17)13-9-5-2-6-10-13;/h6-11,13-14H,1-5H3;11-13,16H,1-10H2;/q-1;;/b;14-11-;. The Hall–Kier alpha value is -2.88. The van der Waals surface area contributed by atoms with E-state index in [4.69, 9.17) is 9.97 Å². The summed E-state index contributed by atoms with van der Waals surface area (Å²) in [5, 5.41) is 14.9. The number of carbonyl (C=O) groups excluding carboxylic acids is 1. The molecule has 1 radical (unpaired) electrons. The number of ketones is 1. The zero-order chi connectivity index (χ0) is 30.5. The molecule has 5 heteroatoms. The van der Waals surface area contributed by atoms with Gasteiger partial charge in [0.2, 0.25) is 0 Å². The van der Waals surface area contributed by atoms with E-state index >= 15 is 0 Å². The van der Waals surface area contributed by atoms with Crippen LogP contribution < -0.4 is 0 Å². The molecule has 2 heterocycles. The van der Waals surface area contributed by atoms with Crippen molar-refractivity contribution in [3.8, 4) is 11.3 Å². The van der Waals surface area contributed by atoms with Crippen LogP contribution in [0.15, 0.2) is 54.4 Å². The number of allylic oxidation sites excluding steroid dienone is 2. The number of rotatable bonds is 5. The first-order valence-electron chi connectivity index (χ1n) is 16.4. The molecular weight excluding hydrogens is 721 g/mol. The Morgan fingerprint density at radius 1 is 0.841 bits per heavy atom. The largest absolute Gasteiger partial charge is 0.512 e. The number of hydrogen-bond acceptors (Lipinski definition) is 4. The predicted molar refractivity (Wildman–Crippen MR) is 178 cm³/mol. The van der Waals surface area contributed by atoms with Crippen molar-refractivity contribution in [2.75, 3.05) is 0 Å². The van der Waals surface area contributed by atoms with Crippen LogP contribution >= 0.6 is 0 Å². The summed E-state index contributed by atoms with van der Waals surface area (Å²) in [7, 11) is 0. The topological polar surface area (TPSA) is 63.1 Å². The summed E-state index contributed by atoms with van der Waals surface area (Å²) in [5.74, 6) is 1.38. The Bertz CT molecular complexity index is 1610. The van der Waals surface area contributed by atoms with Gasteiger partial charge in [0.25, 0.3) is 0 Å². The van der Waals surface area contributed by atoms with Crippen molar-refractivity contribution in [1.29, 1.82) is 0 Å². The second-order valence-corrected chi connectivity index (χ2v) is 13.1. The van der Waals surface area contributed by atoms with Gasteiger partial charge in [0.1, 0.15) is 0 Å². The third kappa shape index (κ3) is 8.03. The fourth-order valence-corrected chi connectivity index (χ4v) is 6.99. The van der Waals surface area contributed by atoms with Crippen LogP contribution in [0.1, 0.15) is 106 Å². The molecule has 235 valence electrons. The quantitative estimate of drug-likeness (QED) is 0.0951. The molecular formula is C39H47IrN2O2-. The number of aryl methyl sites for hydroxylation is 3. The number of hydrogen-bond donors (Lipinski definition) is 1. The first kappa shape index (κ1) is 34.0. The Balaban J connectivity index is 0.000000214. The van der Waals surface area contributed by atoms with Crippen molar-refractivity contribution in [2.24, 2.45) is 11.8 Å². The van der Waals surface area contributed by atoms with Crippen molar-refractivity contribution in [1.82, 2.24) is 9.97 Å². The summed E-state index contributed by atoms with van der Waals surface area (Å²) >= 11 is 0. The van der Waals surface area contributed by atoms with Gasteiger partial charge in [-0.3, -0.25) is 9.78 Å². The third-order valence-corrected chi connectivity index (χ3v) is 9.18. The minimum Gasteiger partial charge on any atom is -0.512 e. The molecule has 4 aromatic rings. The van der Waals surface area contributed by atoms with Crippen LogP contribution in [0.25, 0.3) is 32.8 Å². The Morgan fingerprint density at radius 2 is 1.48 bits per heavy atom. The number of aliphatic hydroxyl groups excluding tert-OH is 1. The predicted octanol–water partition coefficient (Wildman–Crippen LogP) is 10.5. The molecule has 0 amide bonds. The zero-order valence-corrected chi connectivity index (χ0v) is 29.4. The van der Waals surface area contributed by atoms with E-state index in [9.17, 15) is 9.90 Å². The fourth-order valence-electron chi connectivity index (χ4n) is 6.99. The van der Waals surface area contributed by atoms with Crippen LogP contribution in [0.5, 0.6) is 0 Å². The Kier molecular flexibility index (Phi) is 11.9. The number of benzene rings is 2. The van der Waals surface area contributed by atoms with Gasteiger partial charge in [-0.2, -0.15) is 0 Å². The molecule has 1 N–H and O–H groups in total. The number of pyridine rings is 2. The Morgan fingerprint density at radius 3 is 2.11 bits per heavy atom. The summed E-state index contributed by atoms with van der Waals surface area (Å²) in [6.07, 6.45) is 14.9. The normalized spacial score (nSPS) is 16.5. The molecule has 6 rings (SSSR count). The molecule has 2 aliphatic rings. The van der Waals surface area contributed by atoms with Crippen molar-refractivity contribution >= 4 is 27.3 Å². The van der Waals surface area contributed by atoms with Gasteiger partial charge >= 0.3 is 0 Å². The van der Waals surface area contributed by atoms with E-state index in [1.54, 1.807) is 6.08 Å². The molecule has 0 bridgehead atoms. The first-order valence-corrected chi connectivity index (χ1v) is 16.4. The first-order chi connectivity index (χ1) is 20.7. The van der Waals surface area contributed by atoms with Gasteiger partial charge in [0.05, 0.1) is 11.5 Å². The summed E-state index contributed by atoms with van der Waals surface area (Å²) < 4.78 is 0. The van der Waals surface area contributed by atoms with E-state index in [1.807, 2.05) is 6.20 Å². The number of aromatic nitrogens is 2. The van der Waals surface area contributed by atoms with Crippen molar-refractivity contribution in [3.63, 3.8) is 0 Å². The minimum atomic E-state index is 0. The van der Waals surface area contributed by atoms with Gasteiger partial charge in [-0.15, -0.1) is 34.9 Å². The van der Waals surface area contributed by atoms with Gasteiger partial charge in [-0.05, 0) is 72.5 Å². The monoisotopic (exact) mass is 768 g/mol. The molecule has 4 nitrogen and oxygen atoms in total. The number of nitrogens with zero attached hydrogens (tertiary/aromatic N) is 2. The average Bonchev–Trinajstić information content (AvgIpc) is 3.01. The second kappa shape index (κ2) is 15.4. The molecule has 2 fully saturated rings. The van der Waals surface area contributed by atoms with Crippen LogP contribution in [-0.2, 0) is 24.9 Å². The molecule has 0 aliphatic heterocycles. The van der Waals surface area contributed by atoms with Crippen LogP contribution in [-0.4, -0.2) is 20.9 Å². The maximum atomic E-state index is 12.0. The van der Waals surface area contributed by atoms with Gasteiger partial charge in [0.15, 0.2) is 5.78 Å². The fraction of sp³-hybridized carbons (Fsp3) is 0.462. The molecule has 0 spiro atoms. The Labute approximate surface area is 277 Å².